The quantitative estimate of drug-likeness (QED) is 0.629. The minimum Gasteiger partial charge on any atom is -0.493 e. The third-order valence-corrected chi connectivity index (χ3v) is 5.58. The van der Waals surface area contributed by atoms with Crippen molar-refractivity contribution in [2.45, 2.75) is 45.4 Å². The Morgan fingerprint density at radius 1 is 1.10 bits per heavy atom. The topological polar surface area (TPSA) is 83.4 Å². The largest absolute Gasteiger partial charge is 0.493 e. The van der Waals surface area contributed by atoms with Crippen LogP contribution in [0.1, 0.15) is 51.0 Å². The van der Waals surface area contributed by atoms with Gasteiger partial charge in [-0.15, -0.1) is 0 Å². The minimum absolute atomic E-state index is 0.0274. The van der Waals surface area contributed by atoms with Gasteiger partial charge >= 0.3 is 5.97 Å². The molecule has 1 aliphatic heterocycles. The highest BCUT2D eigenvalue weighted by Gasteiger charge is 2.43. The molecule has 30 heavy (non-hydrogen) atoms. The Morgan fingerprint density at radius 2 is 1.77 bits per heavy atom. The molecule has 7 nitrogen and oxygen atoms in total. The summed E-state index contributed by atoms with van der Waals surface area (Å²) in [5, 5.41) is 0. The molecule has 1 aromatic carbocycles. The molecule has 0 amide bonds. The molecule has 0 radical (unpaired) electrons. The fraction of sp³-hybridized carbons (Fsp3) is 0.522. The molecular formula is C23H29NO6. The average Bonchev–Trinajstić information content (AvgIpc) is 2.75. The third kappa shape index (κ3) is 3.93. The van der Waals surface area contributed by atoms with Crippen molar-refractivity contribution in [3.05, 3.63) is 29.0 Å². The number of aliphatic imine (C=N–C) groups is 1. The van der Waals surface area contributed by atoms with E-state index in [1.54, 1.807) is 12.1 Å². The standard InChI is InChI=1S/C23H29NO6/c1-6-10-30-23(26)19-13(2)24-15-8-7-9-16(25)21(15)20(19)14-11-17(27-3)22(29-5)18(12-14)28-4/h11-12,19-20H,6-10H2,1-5H3/t19?,20-/m1/s1. The summed E-state index contributed by atoms with van der Waals surface area (Å²) in [7, 11) is 4.61. The number of carbonyl (C=O) groups is 2. The number of esters is 1. The van der Waals surface area contributed by atoms with Gasteiger partial charge in [0.2, 0.25) is 5.75 Å². The molecule has 2 aliphatic rings. The van der Waals surface area contributed by atoms with Crippen molar-refractivity contribution in [3.63, 3.8) is 0 Å². The molecule has 3 rings (SSSR count). The number of allylic oxidation sites excluding steroid dienone is 2. The highest BCUT2D eigenvalue weighted by Crippen LogP contribution is 2.47. The number of rotatable bonds is 7. The second kappa shape index (κ2) is 9.32. The zero-order chi connectivity index (χ0) is 21.8. The fourth-order valence-electron chi connectivity index (χ4n) is 4.25. The number of nitrogens with zero attached hydrogens (tertiary/aromatic N) is 1. The van der Waals surface area contributed by atoms with Crippen molar-refractivity contribution < 1.29 is 28.5 Å². The van der Waals surface area contributed by atoms with E-state index in [1.807, 2.05) is 13.8 Å². The van der Waals surface area contributed by atoms with E-state index in [0.717, 1.165) is 30.5 Å². The van der Waals surface area contributed by atoms with Crippen LogP contribution in [-0.4, -0.2) is 45.4 Å². The van der Waals surface area contributed by atoms with Crippen LogP contribution >= 0.6 is 0 Å². The molecule has 0 spiro atoms. The number of ketones is 1. The molecule has 0 N–H and O–H groups in total. The summed E-state index contributed by atoms with van der Waals surface area (Å²) in [6.07, 6.45) is 2.65. The second-order valence-electron chi connectivity index (χ2n) is 7.47. The number of Topliss-reactive ketones (excluding diaryl/α,β-unsaturated/α-hetero) is 1. The van der Waals surface area contributed by atoms with Gasteiger partial charge in [0.05, 0.1) is 27.9 Å². The summed E-state index contributed by atoms with van der Waals surface area (Å²) < 4.78 is 21.9. The molecule has 7 heteroatoms. The molecule has 0 saturated carbocycles. The summed E-state index contributed by atoms with van der Waals surface area (Å²) >= 11 is 0. The van der Waals surface area contributed by atoms with Gasteiger partial charge in [0.1, 0.15) is 5.92 Å². The first-order valence-corrected chi connectivity index (χ1v) is 10.2. The SMILES string of the molecule is CCCOC(=O)C1C(C)=NC2=C(C(=O)CCC2)[C@@H]1c1cc(OC)c(OC)c(OC)c1. The summed E-state index contributed by atoms with van der Waals surface area (Å²) in [5.74, 6) is -0.139. The maximum atomic E-state index is 13.0. The van der Waals surface area contributed by atoms with E-state index in [9.17, 15) is 9.59 Å². The predicted octanol–water partition coefficient (Wildman–Crippen LogP) is 3.85. The third-order valence-electron chi connectivity index (χ3n) is 5.58. The van der Waals surface area contributed by atoms with E-state index in [4.69, 9.17) is 18.9 Å². The number of methoxy groups -OCH3 is 3. The summed E-state index contributed by atoms with van der Waals surface area (Å²) in [4.78, 5) is 30.7. The maximum Gasteiger partial charge on any atom is 0.315 e. The van der Waals surface area contributed by atoms with Crippen LogP contribution < -0.4 is 14.2 Å². The zero-order valence-electron chi connectivity index (χ0n) is 18.2. The molecule has 1 aliphatic carbocycles. The van der Waals surface area contributed by atoms with Gasteiger partial charge in [0.15, 0.2) is 17.3 Å². The molecule has 0 saturated heterocycles. The first kappa shape index (κ1) is 21.9. The van der Waals surface area contributed by atoms with Gasteiger partial charge in [-0.25, -0.2) is 0 Å². The fourth-order valence-corrected chi connectivity index (χ4v) is 4.25. The Hall–Kier alpha value is -2.83. The number of ether oxygens (including phenoxy) is 4. The highest BCUT2D eigenvalue weighted by molar-refractivity contribution is 6.08. The van der Waals surface area contributed by atoms with Crippen LogP contribution in [0.5, 0.6) is 17.2 Å². The van der Waals surface area contributed by atoms with Gasteiger partial charge in [-0.05, 0) is 43.9 Å². The highest BCUT2D eigenvalue weighted by atomic mass is 16.5. The maximum absolute atomic E-state index is 13.0. The van der Waals surface area contributed by atoms with Crippen molar-refractivity contribution in [2.24, 2.45) is 10.9 Å². The normalized spacial score (nSPS) is 21.0. The monoisotopic (exact) mass is 415 g/mol. The Bertz CT molecular complexity index is 876. The first-order chi connectivity index (χ1) is 14.5. The van der Waals surface area contributed by atoms with Crippen LogP contribution in [0, 0.1) is 5.92 Å². The van der Waals surface area contributed by atoms with E-state index in [2.05, 4.69) is 4.99 Å². The Morgan fingerprint density at radius 3 is 2.33 bits per heavy atom. The van der Waals surface area contributed by atoms with Crippen molar-refractivity contribution in [2.75, 3.05) is 27.9 Å². The van der Waals surface area contributed by atoms with Gasteiger partial charge in [0, 0.05) is 29.3 Å². The lowest BCUT2D eigenvalue weighted by Crippen LogP contribution is -2.37. The molecule has 1 unspecified atom stereocenters. The molecule has 162 valence electrons. The van der Waals surface area contributed by atoms with E-state index in [1.165, 1.54) is 21.3 Å². The van der Waals surface area contributed by atoms with E-state index in [-0.39, 0.29) is 11.8 Å². The molecule has 1 heterocycles. The van der Waals surface area contributed by atoms with Crippen molar-refractivity contribution in [1.29, 1.82) is 0 Å². The van der Waals surface area contributed by atoms with Crippen LogP contribution in [0.2, 0.25) is 0 Å². The van der Waals surface area contributed by atoms with Crippen LogP contribution in [0.15, 0.2) is 28.4 Å². The molecule has 0 bridgehead atoms. The van der Waals surface area contributed by atoms with Gasteiger partial charge in [0.25, 0.3) is 0 Å². The van der Waals surface area contributed by atoms with Gasteiger partial charge in [-0.1, -0.05) is 6.92 Å². The molecule has 1 aromatic rings. The molecule has 0 fully saturated rings. The van der Waals surface area contributed by atoms with Crippen molar-refractivity contribution in [3.8, 4) is 17.2 Å². The summed E-state index contributed by atoms with van der Waals surface area (Å²) in [6.45, 7) is 4.09. The number of hydrogen-bond acceptors (Lipinski definition) is 7. The van der Waals surface area contributed by atoms with Crippen LogP contribution in [0.25, 0.3) is 0 Å². The lowest BCUT2D eigenvalue weighted by atomic mass is 9.71. The lowest BCUT2D eigenvalue weighted by molar-refractivity contribution is -0.146. The van der Waals surface area contributed by atoms with Crippen LogP contribution in [-0.2, 0) is 14.3 Å². The van der Waals surface area contributed by atoms with Crippen LogP contribution in [0.3, 0.4) is 0 Å². The Labute approximate surface area is 177 Å². The first-order valence-electron chi connectivity index (χ1n) is 10.2. The number of benzene rings is 1. The van der Waals surface area contributed by atoms with Gasteiger partial charge < -0.3 is 18.9 Å². The van der Waals surface area contributed by atoms with E-state index < -0.39 is 11.8 Å². The van der Waals surface area contributed by atoms with Crippen LogP contribution in [0.4, 0.5) is 0 Å². The molecule has 2 atom stereocenters. The zero-order valence-corrected chi connectivity index (χ0v) is 18.2. The lowest BCUT2D eigenvalue weighted by Gasteiger charge is -2.34. The van der Waals surface area contributed by atoms with Crippen molar-refractivity contribution >= 4 is 17.5 Å². The Balaban J connectivity index is 2.20. The second-order valence-corrected chi connectivity index (χ2v) is 7.47. The van der Waals surface area contributed by atoms with Gasteiger partial charge in [-0.2, -0.15) is 0 Å². The van der Waals surface area contributed by atoms with E-state index in [0.29, 0.717) is 41.6 Å². The predicted molar refractivity (Wildman–Crippen MR) is 113 cm³/mol. The molecule has 0 aromatic heterocycles. The van der Waals surface area contributed by atoms with Gasteiger partial charge in [-0.3, -0.25) is 14.6 Å². The minimum atomic E-state index is -0.680. The molecular weight excluding hydrogens is 386 g/mol. The van der Waals surface area contributed by atoms with Crippen molar-refractivity contribution in [1.82, 2.24) is 0 Å². The number of carbonyl (C=O) groups excluding carboxylic acids is 2. The summed E-state index contributed by atoms with van der Waals surface area (Å²) in [5.41, 5.74) is 2.75. The smallest absolute Gasteiger partial charge is 0.315 e. The summed E-state index contributed by atoms with van der Waals surface area (Å²) in [6, 6.07) is 3.61. The average molecular weight is 415 g/mol. The number of hydrogen-bond donors (Lipinski definition) is 0. The van der Waals surface area contributed by atoms with E-state index >= 15 is 0 Å². The Kier molecular flexibility index (Phi) is 6.80.